The summed E-state index contributed by atoms with van der Waals surface area (Å²) in [6.45, 7) is 2.68. The van der Waals surface area contributed by atoms with Gasteiger partial charge < -0.3 is 5.32 Å². The molecule has 0 aromatic heterocycles. The predicted molar refractivity (Wildman–Crippen MR) is 106 cm³/mol. The molecule has 0 spiro atoms. The molecular formula is C21H25FN2O3S. The van der Waals surface area contributed by atoms with Gasteiger partial charge in [-0.3, -0.25) is 4.79 Å². The Morgan fingerprint density at radius 3 is 2.71 bits per heavy atom. The third-order valence-corrected chi connectivity index (χ3v) is 7.09. The van der Waals surface area contributed by atoms with E-state index in [1.165, 1.54) is 22.5 Å². The van der Waals surface area contributed by atoms with E-state index in [0.29, 0.717) is 18.5 Å². The van der Waals surface area contributed by atoms with Crippen LogP contribution in [0.2, 0.25) is 0 Å². The lowest BCUT2D eigenvalue weighted by molar-refractivity contribution is 0.0954. The fourth-order valence-electron chi connectivity index (χ4n) is 3.48. The van der Waals surface area contributed by atoms with Gasteiger partial charge in [0.1, 0.15) is 5.82 Å². The van der Waals surface area contributed by atoms with Gasteiger partial charge >= 0.3 is 0 Å². The Labute approximate surface area is 165 Å². The molecule has 1 saturated heterocycles. The fourth-order valence-corrected chi connectivity index (χ4v) is 5.22. The molecule has 1 heterocycles. The lowest BCUT2D eigenvalue weighted by Crippen LogP contribution is -2.42. The van der Waals surface area contributed by atoms with Crippen molar-refractivity contribution >= 4 is 15.9 Å². The van der Waals surface area contributed by atoms with Gasteiger partial charge in [0.2, 0.25) is 10.0 Å². The predicted octanol–water partition coefficient (Wildman–Crippen LogP) is 3.36. The van der Waals surface area contributed by atoms with Crippen molar-refractivity contribution in [1.29, 1.82) is 0 Å². The van der Waals surface area contributed by atoms with Gasteiger partial charge in [0, 0.05) is 24.7 Å². The van der Waals surface area contributed by atoms with E-state index in [-0.39, 0.29) is 34.8 Å². The maximum atomic E-state index is 13.6. The van der Waals surface area contributed by atoms with Crippen LogP contribution >= 0.6 is 0 Å². The first-order valence-corrected chi connectivity index (χ1v) is 11.0. The zero-order valence-corrected chi connectivity index (χ0v) is 16.7. The first-order valence-electron chi connectivity index (χ1n) is 9.53. The number of nitrogens with one attached hydrogen (secondary N) is 1. The average Bonchev–Trinajstić information content (AvgIpc) is 2.69. The topological polar surface area (TPSA) is 66.5 Å². The van der Waals surface area contributed by atoms with E-state index >= 15 is 0 Å². The summed E-state index contributed by atoms with van der Waals surface area (Å²) in [5.74, 6) is -0.680. The van der Waals surface area contributed by atoms with E-state index in [9.17, 15) is 17.6 Å². The Balaban J connectivity index is 1.68. The van der Waals surface area contributed by atoms with Gasteiger partial charge in [-0.15, -0.1) is 0 Å². The van der Waals surface area contributed by atoms with Crippen LogP contribution in [0.5, 0.6) is 0 Å². The molecule has 0 aliphatic carbocycles. The molecule has 7 heteroatoms. The first-order chi connectivity index (χ1) is 13.4. The van der Waals surface area contributed by atoms with Crippen LogP contribution < -0.4 is 5.32 Å². The molecule has 150 valence electrons. The summed E-state index contributed by atoms with van der Waals surface area (Å²) in [6.07, 6.45) is 3.08. The van der Waals surface area contributed by atoms with Crippen molar-refractivity contribution in [3.05, 3.63) is 65.5 Å². The molecule has 0 saturated carbocycles. The highest BCUT2D eigenvalue weighted by Gasteiger charge is 2.31. The second-order valence-electron chi connectivity index (χ2n) is 7.09. The molecular weight excluding hydrogens is 379 g/mol. The summed E-state index contributed by atoms with van der Waals surface area (Å²) in [6, 6.07) is 12.5. The number of sulfonamides is 1. The number of nitrogens with zero attached hydrogens (tertiary/aromatic N) is 1. The first kappa shape index (κ1) is 20.5. The molecule has 28 heavy (non-hydrogen) atoms. The van der Waals surface area contributed by atoms with Crippen LogP contribution in [0.4, 0.5) is 4.39 Å². The molecule has 1 aliphatic heterocycles. The van der Waals surface area contributed by atoms with Gasteiger partial charge in [-0.05, 0) is 56.0 Å². The highest BCUT2D eigenvalue weighted by atomic mass is 32.2. The minimum Gasteiger partial charge on any atom is -0.352 e. The lowest BCUT2D eigenvalue weighted by Gasteiger charge is -2.32. The summed E-state index contributed by atoms with van der Waals surface area (Å²) < 4.78 is 41.1. The number of piperidine rings is 1. The molecule has 1 atom stereocenters. The van der Waals surface area contributed by atoms with Crippen LogP contribution in [0.3, 0.4) is 0 Å². The van der Waals surface area contributed by atoms with Crippen molar-refractivity contribution in [1.82, 2.24) is 9.62 Å². The molecule has 1 N–H and O–H groups in total. The smallest absolute Gasteiger partial charge is 0.251 e. The van der Waals surface area contributed by atoms with Crippen molar-refractivity contribution in [3.8, 4) is 0 Å². The van der Waals surface area contributed by atoms with Crippen LogP contribution in [-0.4, -0.2) is 37.8 Å². The highest BCUT2D eigenvalue weighted by Crippen LogP contribution is 2.25. The number of carbonyl (C=O) groups is 1. The van der Waals surface area contributed by atoms with Crippen LogP contribution in [0.1, 0.15) is 42.1 Å². The van der Waals surface area contributed by atoms with Crippen LogP contribution in [0.15, 0.2) is 53.4 Å². The molecule has 1 amide bonds. The van der Waals surface area contributed by atoms with E-state index < -0.39 is 10.0 Å². The number of halogens is 1. The molecule has 1 fully saturated rings. The zero-order valence-electron chi connectivity index (χ0n) is 15.9. The summed E-state index contributed by atoms with van der Waals surface area (Å²) in [5, 5.41) is 2.73. The van der Waals surface area contributed by atoms with E-state index in [0.717, 1.165) is 19.3 Å². The number of carbonyl (C=O) groups excluding carboxylic acids is 1. The Morgan fingerprint density at radius 1 is 1.18 bits per heavy atom. The van der Waals surface area contributed by atoms with E-state index in [1.807, 2.05) is 6.92 Å². The summed E-state index contributed by atoms with van der Waals surface area (Å²) in [4.78, 5) is 12.6. The molecule has 3 rings (SSSR count). The molecule has 2 aromatic carbocycles. The molecule has 1 aliphatic rings. The summed E-state index contributed by atoms with van der Waals surface area (Å²) >= 11 is 0. The largest absolute Gasteiger partial charge is 0.352 e. The van der Waals surface area contributed by atoms with Gasteiger partial charge in [0.15, 0.2) is 0 Å². The van der Waals surface area contributed by atoms with Crippen molar-refractivity contribution in [2.75, 3.05) is 13.1 Å². The molecule has 5 nitrogen and oxygen atoms in total. The number of hydrogen-bond acceptors (Lipinski definition) is 3. The Morgan fingerprint density at radius 2 is 1.96 bits per heavy atom. The van der Waals surface area contributed by atoms with E-state index in [1.54, 1.807) is 30.3 Å². The molecule has 0 bridgehead atoms. The summed E-state index contributed by atoms with van der Waals surface area (Å²) in [5.41, 5.74) is 0.803. The maximum Gasteiger partial charge on any atom is 0.251 e. The van der Waals surface area contributed by atoms with Crippen molar-refractivity contribution in [2.24, 2.45) is 0 Å². The van der Waals surface area contributed by atoms with Crippen LogP contribution in [0, 0.1) is 5.82 Å². The Bertz CT molecular complexity index is 946. The van der Waals surface area contributed by atoms with Crippen molar-refractivity contribution in [3.63, 3.8) is 0 Å². The monoisotopic (exact) mass is 404 g/mol. The van der Waals surface area contributed by atoms with Crippen molar-refractivity contribution in [2.45, 2.75) is 43.5 Å². The normalized spacial score (nSPS) is 18.0. The minimum absolute atomic E-state index is 0.0444. The van der Waals surface area contributed by atoms with Gasteiger partial charge in [-0.25, -0.2) is 12.8 Å². The Kier molecular flexibility index (Phi) is 6.46. The zero-order chi connectivity index (χ0) is 20.1. The fraction of sp³-hybridized carbons (Fsp3) is 0.381. The lowest BCUT2D eigenvalue weighted by atomic mass is 10.1. The van der Waals surface area contributed by atoms with Crippen LogP contribution in [0.25, 0.3) is 0 Å². The number of amides is 1. The summed E-state index contributed by atoms with van der Waals surface area (Å²) in [7, 11) is -3.63. The second-order valence-corrected chi connectivity index (χ2v) is 8.98. The minimum atomic E-state index is -3.63. The van der Waals surface area contributed by atoms with Gasteiger partial charge in [-0.1, -0.05) is 30.7 Å². The highest BCUT2D eigenvalue weighted by molar-refractivity contribution is 7.89. The SMILES string of the molecule is C[C@@H]1CCCCN1S(=O)(=O)c1cccc(C(=O)NCCc2ccccc2F)c1. The van der Waals surface area contributed by atoms with E-state index in [2.05, 4.69) is 5.32 Å². The molecule has 0 radical (unpaired) electrons. The standard InChI is InChI=1S/C21H25FN2O3S/c1-16-7-4-5-14-24(16)28(26,27)19-10-6-9-18(15-19)21(25)23-13-12-17-8-2-3-11-20(17)22/h2-3,6,8-11,15-16H,4-5,7,12-14H2,1H3,(H,23,25)/t16-/m1/s1. The average molecular weight is 405 g/mol. The number of hydrogen-bond donors (Lipinski definition) is 1. The quantitative estimate of drug-likeness (QED) is 0.803. The molecule has 2 aromatic rings. The Hall–Kier alpha value is -2.25. The van der Waals surface area contributed by atoms with Gasteiger partial charge in [0.25, 0.3) is 5.91 Å². The number of rotatable bonds is 6. The third kappa shape index (κ3) is 4.59. The van der Waals surface area contributed by atoms with Crippen LogP contribution in [-0.2, 0) is 16.4 Å². The maximum absolute atomic E-state index is 13.6. The van der Waals surface area contributed by atoms with Gasteiger partial charge in [0.05, 0.1) is 4.90 Å². The second kappa shape index (κ2) is 8.84. The van der Waals surface area contributed by atoms with E-state index in [4.69, 9.17) is 0 Å². The number of benzene rings is 2. The third-order valence-electron chi connectivity index (χ3n) is 5.08. The van der Waals surface area contributed by atoms with Gasteiger partial charge in [-0.2, -0.15) is 4.31 Å². The van der Waals surface area contributed by atoms with Crippen molar-refractivity contribution < 1.29 is 17.6 Å². The molecule has 0 unspecified atom stereocenters.